The van der Waals surface area contributed by atoms with Crippen LogP contribution in [0.5, 0.6) is 11.5 Å². The van der Waals surface area contributed by atoms with Gasteiger partial charge in [0, 0.05) is 16.3 Å². The van der Waals surface area contributed by atoms with E-state index < -0.39 is 17.7 Å². The van der Waals surface area contributed by atoms with Crippen molar-refractivity contribution < 1.29 is 24.2 Å². The SMILES string of the molecule is CCCCCOc1ccc(C2/C(=C(/O)c3ccc(OC)cc3)C(=O)C(=O)N2c2nnc(SCc3ccc(Cl)cc3)s2)cc1. The lowest BCUT2D eigenvalue weighted by atomic mass is 9.95. The van der Waals surface area contributed by atoms with Gasteiger partial charge in [0.05, 0.1) is 25.3 Å². The van der Waals surface area contributed by atoms with E-state index in [4.69, 9.17) is 21.1 Å². The molecule has 2 heterocycles. The number of ether oxygens (including phenoxy) is 2. The number of benzene rings is 3. The highest BCUT2D eigenvalue weighted by Gasteiger charge is 2.48. The van der Waals surface area contributed by atoms with Crippen molar-refractivity contribution in [2.75, 3.05) is 18.6 Å². The van der Waals surface area contributed by atoms with Gasteiger partial charge >= 0.3 is 5.91 Å². The Balaban J connectivity index is 1.48. The number of rotatable bonds is 12. The molecular weight excluding hydrogens is 606 g/mol. The van der Waals surface area contributed by atoms with E-state index in [0.717, 1.165) is 24.8 Å². The largest absolute Gasteiger partial charge is 0.507 e. The average molecular weight is 636 g/mol. The monoisotopic (exact) mass is 635 g/mol. The van der Waals surface area contributed by atoms with Gasteiger partial charge in [-0.25, -0.2) is 0 Å². The van der Waals surface area contributed by atoms with Gasteiger partial charge in [-0.05, 0) is 66.1 Å². The van der Waals surface area contributed by atoms with Gasteiger partial charge in [-0.15, -0.1) is 10.2 Å². The molecule has 1 fully saturated rings. The molecule has 1 aromatic heterocycles. The molecule has 0 bridgehead atoms. The quantitative estimate of drug-likeness (QED) is 0.0422. The van der Waals surface area contributed by atoms with Crippen LogP contribution in [0, 0.1) is 0 Å². The first-order valence-corrected chi connectivity index (χ1v) is 16.0. The van der Waals surface area contributed by atoms with Crippen LogP contribution in [0.25, 0.3) is 5.76 Å². The molecule has 0 spiro atoms. The number of aromatic nitrogens is 2. The highest BCUT2D eigenvalue weighted by atomic mass is 35.5. The van der Waals surface area contributed by atoms with Crippen LogP contribution >= 0.6 is 34.7 Å². The number of aliphatic hydroxyl groups excluding tert-OH is 1. The zero-order chi connectivity index (χ0) is 30.3. The number of thioether (sulfide) groups is 1. The molecular formula is C32H30ClN3O5S2. The first-order valence-electron chi connectivity index (χ1n) is 13.8. The van der Waals surface area contributed by atoms with E-state index in [1.165, 1.54) is 28.0 Å². The third-order valence-corrected chi connectivity index (χ3v) is 9.28. The summed E-state index contributed by atoms with van der Waals surface area (Å²) in [7, 11) is 1.54. The molecule has 1 N–H and O–H groups in total. The number of amides is 1. The minimum atomic E-state index is -0.918. The molecule has 1 aliphatic rings. The lowest BCUT2D eigenvalue weighted by molar-refractivity contribution is -0.132. The summed E-state index contributed by atoms with van der Waals surface area (Å²) in [6.07, 6.45) is 3.14. The Labute approximate surface area is 263 Å². The fourth-order valence-electron chi connectivity index (χ4n) is 4.62. The molecule has 222 valence electrons. The summed E-state index contributed by atoms with van der Waals surface area (Å²) in [5.41, 5.74) is 2.04. The van der Waals surface area contributed by atoms with E-state index in [9.17, 15) is 14.7 Å². The molecule has 8 nitrogen and oxygen atoms in total. The van der Waals surface area contributed by atoms with Crippen LogP contribution in [0.2, 0.25) is 5.02 Å². The van der Waals surface area contributed by atoms with Gasteiger partial charge in [0.1, 0.15) is 17.3 Å². The second kappa shape index (κ2) is 14.1. The number of halogens is 1. The Hall–Kier alpha value is -3.86. The number of hydrogen-bond acceptors (Lipinski definition) is 9. The fraction of sp³-hybridized carbons (Fsp3) is 0.250. The number of Topliss-reactive ketones (excluding diaryl/α,β-unsaturated/α-hetero) is 1. The lowest BCUT2D eigenvalue weighted by Gasteiger charge is -2.22. The summed E-state index contributed by atoms with van der Waals surface area (Å²) in [5.74, 6) is 0.0410. The van der Waals surface area contributed by atoms with Gasteiger partial charge in [-0.2, -0.15) is 0 Å². The molecule has 0 aliphatic carbocycles. The maximum Gasteiger partial charge on any atom is 0.301 e. The number of unbranched alkanes of at least 4 members (excludes halogenated alkanes) is 2. The van der Waals surface area contributed by atoms with Crippen LogP contribution in [0.1, 0.15) is 48.9 Å². The Morgan fingerprint density at radius 3 is 2.35 bits per heavy atom. The number of ketones is 1. The summed E-state index contributed by atoms with van der Waals surface area (Å²) in [6.45, 7) is 2.74. The predicted molar refractivity (Wildman–Crippen MR) is 170 cm³/mol. The van der Waals surface area contributed by atoms with Gasteiger partial charge < -0.3 is 14.6 Å². The van der Waals surface area contributed by atoms with Crippen molar-refractivity contribution in [1.82, 2.24) is 10.2 Å². The second-order valence-electron chi connectivity index (χ2n) is 9.79. The zero-order valence-corrected chi connectivity index (χ0v) is 26.0. The number of carbonyl (C=O) groups is 2. The van der Waals surface area contributed by atoms with Crippen molar-refractivity contribution in [3.8, 4) is 11.5 Å². The van der Waals surface area contributed by atoms with Crippen molar-refractivity contribution in [3.63, 3.8) is 0 Å². The van der Waals surface area contributed by atoms with Crippen LogP contribution < -0.4 is 14.4 Å². The summed E-state index contributed by atoms with van der Waals surface area (Å²) < 4.78 is 11.7. The smallest absolute Gasteiger partial charge is 0.301 e. The maximum absolute atomic E-state index is 13.5. The van der Waals surface area contributed by atoms with Crippen LogP contribution in [0.4, 0.5) is 5.13 Å². The van der Waals surface area contributed by atoms with Crippen molar-refractivity contribution in [3.05, 3.63) is 100 Å². The van der Waals surface area contributed by atoms with E-state index in [2.05, 4.69) is 17.1 Å². The van der Waals surface area contributed by atoms with E-state index in [1.54, 1.807) is 43.5 Å². The average Bonchev–Trinajstić information content (AvgIpc) is 3.60. The van der Waals surface area contributed by atoms with Crippen molar-refractivity contribution in [2.45, 2.75) is 42.3 Å². The minimum absolute atomic E-state index is 0.0302. The Bertz CT molecular complexity index is 1610. The Kier molecular flexibility index (Phi) is 10.0. The third kappa shape index (κ3) is 7.04. The highest BCUT2D eigenvalue weighted by Crippen LogP contribution is 2.44. The molecule has 3 aromatic carbocycles. The summed E-state index contributed by atoms with van der Waals surface area (Å²) >= 11 is 8.68. The van der Waals surface area contributed by atoms with Crippen molar-refractivity contribution in [1.29, 1.82) is 0 Å². The molecule has 1 aliphatic heterocycles. The van der Waals surface area contributed by atoms with Gasteiger partial charge in [-0.3, -0.25) is 14.5 Å². The van der Waals surface area contributed by atoms with Crippen molar-refractivity contribution in [2.24, 2.45) is 0 Å². The van der Waals surface area contributed by atoms with E-state index in [0.29, 0.717) is 44.3 Å². The lowest BCUT2D eigenvalue weighted by Crippen LogP contribution is -2.29. The van der Waals surface area contributed by atoms with Gasteiger partial charge in [0.2, 0.25) is 5.13 Å². The van der Waals surface area contributed by atoms with Crippen LogP contribution in [0.15, 0.2) is 82.7 Å². The fourth-order valence-corrected chi connectivity index (χ4v) is 6.57. The Morgan fingerprint density at radius 2 is 1.67 bits per heavy atom. The topological polar surface area (TPSA) is 102 Å². The second-order valence-corrected chi connectivity index (χ2v) is 12.4. The standard InChI is InChI=1S/C32H30ClN3O5S2/c1-3-4-5-18-41-25-16-8-21(9-17-25)27-26(28(37)22-10-14-24(40-2)15-11-22)29(38)30(39)36(27)31-34-35-32(43-31)42-19-20-6-12-23(33)13-7-20/h6-17,27,37H,3-5,18-19H2,1-2H3/b28-26-. The van der Waals surface area contributed by atoms with Gasteiger partial charge in [0.25, 0.3) is 5.78 Å². The van der Waals surface area contributed by atoms with E-state index >= 15 is 0 Å². The van der Waals surface area contributed by atoms with E-state index in [-0.39, 0.29) is 16.5 Å². The molecule has 1 saturated heterocycles. The predicted octanol–water partition coefficient (Wildman–Crippen LogP) is 7.69. The molecule has 11 heteroatoms. The van der Waals surface area contributed by atoms with Crippen molar-refractivity contribution >= 4 is 57.3 Å². The minimum Gasteiger partial charge on any atom is -0.507 e. The van der Waals surface area contributed by atoms with Crippen LogP contribution in [0.3, 0.4) is 0 Å². The maximum atomic E-state index is 13.5. The molecule has 4 aromatic rings. The van der Waals surface area contributed by atoms with Gasteiger partial charge in [0.15, 0.2) is 4.34 Å². The number of nitrogens with zero attached hydrogens (tertiary/aromatic N) is 3. The first-order chi connectivity index (χ1) is 20.9. The number of anilines is 1. The Morgan fingerprint density at radius 1 is 0.977 bits per heavy atom. The summed E-state index contributed by atoms with van der Waals surface area (Å²) in [5, 5.41) is 20.9. The number of methoxy groups -OCH3 is 1. The first kappa shape index (κ1) is 30.6. The third-order valence-electron chi connectivity index (χ3n) is 6.90. The molecule has 5 rings (SSSR count). The number of carbonyl (C=O) groups excluding carboxylic acids is 2. The van der Waals surface area contributed by atoms with Gasteiger partial charge in [-0.1, -0.05) is 78.7 Å². The zero-order valence-electron chi connectivity index (χ0n) is 23.7. The van der Waals surface area contributed by atoms with E-state index in [1.807, 2.05) is 36.4 Å². The summed E-state index contributed by atoms with van der Waals surface area (Å²) in [4.78, 5) is 28.4. The number of aliphatic hydroxyl groups is 1. The number of hydrogen-bond donors (Lipinski definition) is 1. The summed E-state index contributed by atoms with van der Waals surface area (Å²) in [6, 6.07) is 20.5. The van der Waals surface area contributed by atoms with Crippen LogP contribution in [-0.4, -0.2) is 40.7 Å². The molecule has 0 radical (unpaired) electrons. The molecule has 1 atom stereocenters. The molecule has 1 amide bonds. The van der Waals surface area contributed by atoms with Crippen LogP contribution in [-0.2, 0) is 15.3 Å². The molecule has 0 saturated carbocycles. The normalized spacial score (nSPS) is 16.1. The molecule has 43 heavy (non-hydrogen) atoms. The molecule has 1 unspecified atom stereocenters. The highest BCUT2D eigenvalue weighted by molar-refractivity contribution is 8.00.